The number of hydrogen-bond donors (Lipinski definition) is 3. The van der Waals surface area contributed by atoms with Crippen LogP contribution in [0.3, 0.4) is 0 Å². The van der Waals surface area contributed by atoms with Gasteiger partial charge in [0.05, 0.1) is 23.3 Å². The highest BCUT2D eigenvalue weighted by molar-refractivity contribution is 14.1. The lowest BCUT2D eigenvalue weighted by atomic mass is 9.87. The van der Waals surface area contributed by atoms with Crippen molar-refractivity contribution in [2.24, 2.45) is 0 Å². The molecule has 2 amide bonds. The van der Waals surface area contributed by atoms with E-state index in [-0.39, 0.29) is 31.4 Å². The first-order chi connectivity index (χ1) is 19.3. The fourth-order valence-electron chi connectivity index (χ4n) is 4.73. The number of nitrogens with zero attached hydrogens (tertiary/aromatic N) is 1. The molecule has 0 heterocycles. The van der Waals surface area contributed by atoms with Gasteiger partial charge in [0.15, 0.2) is 11.5 Å². The van der Waals surface area contributed by atoms with Crippen molar-refractivity contribution in [2.45, 2.75) is 83.0 Å². The molecular formula is C30H43IN2O7. The second kappa shape index (κ2) is 18.1. The lowest BCUT2D eigenvalue weighted by Gasteiger charge is -2.41. The van der Waals surface area contributed by atoms with Crippen LogP contribution in [0.1, 0.15) is 75.1 Å². The number of benzene rings is 1. The summed E-state index contributed by atoms with van der Waals surface area (Å²) in [6.45, 7) is 6.20. The van der Waals surface area contributed by atoms with Gasteiger partial charge in [-0.3, -0.25) is 14.4 Å². The van der Waals surface area contributed by atoms with Crippen LogP contribution in [-0.4, -0.2) is 78.3 Å². The fraction of sp³-hybridized carbons (Fsp3) is 0.567. The SMILES string of the molecule is C=CCCCCC(=O)N(CCCCCC)C1CC(C(=O)NCCO)=CC(Oc2c(I)cc(C=O)cc2OC)C1O. The van der Waals surface area contributed by atoms with Crippen LogP contribution in [0, 0.1) is 3.57 Å². The zero-order valence-electron chi connectivity index (χ0n) is 23.6. The summed E-state index contributed by atoms with van der Waals surface area (Å²) in [5, 5.41) is 23.5. The third-order valence-corrected chi connectivity index (χ3v) is 7.68. The summed E-state index contributed by atoms with van der Waals surface area (Å²) >= 11 is 2.03. The average Bonchev–Trinajstić information content (AvgIpc) is 2.95. The summed E-state index contributed by atoms with van der Waals surface area (Å²) in [4.78, 5) is 39.6. The molecule has 0 radical (unpaired) electrons. The number of carbonyl (C=O) groups is 3. The van der Waals surface area contributed by atoms with E-state index in [9.17, 15) is 24.6 Å². The monoisotopic (exact) mass is 670 g/mol. The number of halogens is 1. The van der Waals surface area contributed by atoms with E-state index in [0.717, 1.165) is 38.5 Å². The Balaban J connectivity index is 2.44. The first-order valence-corrected chi connectivity index (χ1v) is 15.1. The molecule has 10 heteroatoms. The highest BCUT2D eigenvalue weighted by Crippen LogP contribution is 2.37. The zero-order chi connectivity index (χ0) is 29.5. The molecule has 0 fully saturated rings. The van der Waals surface area contributed by atoms with Gasteiger partial charge >= 0.3 is 0 Å². The van der Waals surface area contributed by atoms with Gasteiger partial charge in [0.25, 0.3) is 0 Å². The van der Waals surface area contributed by atoms with E-state index < -0.39 is 18.2 Å². The molecule has 0 bridgehead atoms. The molecule has 0 aromatic heterocycles. The molecule has 3 N–H and O–H groups in total. The first-order valence-electron chi connectivity index (χ1n) is 14.0. The Bertz CT molecular complexity index is 1030. The third-order valence-electron chi connectivity index (χ3n) is 6.88. The van der Waals surface area contributed by atoms with E-state index in [2.05, 4.69) is 18.8 Å². The number of carbonyl (C=O) groups excluding carboxylic acids is 3. The predicted molar refractivity (Wildman–Crippen MR) is 163 cm³/mol. The Kier molecular flexibility index (Phi) is 15.3. The number of amides is 2. The van der Waals surface area contributed by atoms with Crippen molar-refractivity contribution in [3.63, 3.8) is 0 Å². The van der Waals surface area contributed by atoms with Crippen molar-refractivity contribution in [3.8, 4) is 11.5 Å². The highest BCUT2D eigenvalue weighted by Gasteiger charge is 2.40. The molecule has 0 saturated heterocycles. The Morgan fingerprint density at radius 1 is 1.23 bits per heavy atom. The molecule has 3 atom stereocenters. The molecule has 0 saturated carbocycles. The second-order valence-electron chi connectivity index (χ2n) is 9.85. The predicted octanol–water partition coefficient (Wildman–Crippen LogP) is 4.18. The summed E-state index contributed by atoms with van der Waals surface area (Å²) in [5.74, 6) is 0.192. The molecule has 1 aliphatic rings. The van der Waals surface area contributed by atoms with Crippen LogP contribution in [0.5, 0.6) is 11.5 Å². The average molecular weight is 671 g/mol. The molecule has 1 aromatic rings. The largest absolute Gasteiger partial charge is 0.493 e. The van der Waals surface area contributed by atoms with Crippen molar-refractivity contribution in [2.75, 3.05) is 26.8 Å². The minimum absolute atomic E-state index is 0.0668. The molecule has 9 nitrogen and oxygen atoms in total. The number of rotatable bonds is 18. The van der Waals surface area contributed by atoms with Crippen LogP contribution in [-0.2, 0) is 9.59 Å². The molecule has 0 aliphatic heterocycles. The Morgan fingerprint density at radius 3 is 2.65 bits per heavy atom. The molecule has 1 aromatic carbocycles. The zero-order valence-corrected chi connectivity index (χ0v) is 25.7. The number of methoxy groups -OCH3 is 1. The number of aliphatic hydroxyl groups excluding tert-OH is 2. The maximum Gasteiger partial charge on any atom is 0.247 e. The van der Waals surface area contributed by atoms with Crippen molar-refractivity contribution >= 4 is 40.7 Å². The van der Waals surface area contributed by atoms with Crippen LogP contribution >= 0.6 is 22.6 Å². The smallest absolute Gasteiger partial charge is 0.247 e. The summed E-state index contributed by atoms with van der Waals surface area (Å²) in [7, 11) is 1.46. The minimum atomic E-state index is -1.12. The molecule has 40 heavy (non-hydrogen) atoms. The summed E-state index contributed by atoms with van der Waals surface area (Å²) in [6.07, 6.45) is 8.74. The number of aldehydes is 1. The Morgan fingerprint density at radius 2 is 2.00 bits per heavy atom. The Labute approximate surface area is 251 Å². The molecule has 222 valence electrons. The third kappa shape index (κ3) is 9.88. The normalized spacial score (nSPS) is 18.4. The Hall–Kier alpha value is -2.44. The van der Waals surface area contributed by atoms with Gasteiger partial charge in [-0.2, -0.15) is 0 Å². The number of aliphatic hydroxyl groups is 2. The summed E-state index contributed by atoms with van der Waals surface area (Å²) in [5.41, 5.74) is 0.779. The van der Waals surface area contributed by atoms with Crippen LogP contribution in [0.4, 0.5) is 0 Å². The molecule has 3 unspecified atom stereocenters. The minimum Gasteiger partial charge on any atom is -0.493 e. The van der Waals surface area contributed by atoms with Crippen LogP contribution < -0.4 is 14.8 Å². The maximum absolute atomic E-state index is 13.5. The number of ether oxygens (including phenoxy) is 2. The van der Waals surface area contributed by atoms with E-state index in [1.54, 1.807) is 23.1 Å². The van der Waals surface area contributed by atoms with Gasteiger partial charge in [0.1, 0.15) is 18.5 Å². The molecule has 1 aliphatic carbocycles. The van der Waals surface area contributed by atoms with Gasteiger partial charge in [-0.05, 0) is 66.5 Å². The van der Waals surface area contributed by atoms with Crippen LogP contribution in [0.2, 0.25) is 0 Å². The van der Waals surface area contributed by atoms with Gasteiger partial charge in [-0.25, -0.2) is 0 Å². The van der Waals surface area contributed by atoms with E-state index in [1.165, 1.54) is 7.11 Å². The van der Waals surface area contributed by atoms with Crippen molar-refractivity contribution in [1.29, 1.82) is 0 Å². The van der Waals surface area contributed by atoms with Crippen LogP contribution in [0.25, 0.3) is 0 Å². The maximum atomic E-state index is 13.5. The summed E-state index contributed by atoms with van der Waals surface area (Å²) in [6, 6.07) is 2.50. The molecule has 2 rings (SSSR count). The summed E-state index contributed by atoms with van der Waals surface area (Å²) < 4.78 is 12.3. The van der Waals surface area contributed by atoms with Gasteiger partial charge in [0.2, 0.25) is 11.8 Å². The van der Waals surface area contributed by atoms with Gasteiger partial charge in [-0.1, -0.05) is 32.3 Å². The van der Waals surface area contributed by atoms with Crippen molar-refractivity contribution < 1.29 is 34.1 Å². The lowest BCUT2D eigenvalue weighted by molar-refractivity contribution is -0.138. The van der Waals surface area contributed by atoms with Gasteiger partial charge in [-0.15, -0.1) is 6.58 Å². The van der Waals surface area contributed by atoms with E-state index in [0.29, 0.717) is 51.9 Å². The fourth-order valence-corrected chi connectivity index (χ4v) is 5.48. The standard InChI is InChI=1S/C30H43IN2O7/c1-4-6-8-10-12-27(36)33(14-11-9-7-5-2)24-18-22(30(38)32-13-15-34)19-25(28(24)37)40-29-23(31)16-21(20-35)17-26(29)39-3/h4,16-17,19-20,24-25,28,34,37H,1,5-15,18H2,2-3H3,(H,32,38). The van der Waals surface area contributed by atoms with Crippen LogP contribution in [0.15, 0.2) is 36.4 Å². The second-order valence-corrected chi connectivity index (χ2v) is 11.0. The number of nitrogens with one attached hydrogen (secondary N) is 1. The molecular weight excluding hydrogens is 627 g/mol. The first kappa shape index (κ1) is 33.8. The van der Waals surface area contributed by atoms with Gasteiger partial charge in [0, 0.05) is 37.1 Å². The highest BCUT2D eigenvalue weighted by atomic mass is 127. The lowest BCUT2D eigenvalue weighted by Crippen LogP contribution is -2.55. The van der Waals surface area contributed by atoms with E-state index in [4.69, 9.17) is 9.47 Å². The number of unbranched alkanes of at least 4 members (excludes halogenated alkanes) is 5. The van der Waals surface area contributed by atoms with E-state index in [1.807, 2.05) is 28.7 Å². The van der Waals surface area contributed by atoms with Crippen molar-refractivity contribution in [1.82, 2.24) is 10.2 Å². The van der Waals surface area contributed by atoms with Crippen molar-refractivity contribution in [3.05, 3.63) is 45.6 Å². The number of hydrogen-bond acceptors (Lipinski definition) is 7. The molecule has 0 spiro atoms. The van der Waals surface area contributed by atoms with Gasteiger partial charge < -0.3 is 29.9 Å². The topological polar surface area (TPSA) is 125 Å². The van der Waals surface area contributed by atoms with E-state index >= 15 is 0 Å². The number of allylic oxidation sites excluding steroid dienone is 1. The quantitative estimate of drug-likeness (QED) is 0.0927.